The van der Waals surface area contributed by atoms with Crippen molar-refractivity contribution in [1.29, 1.82) is 0 Å². The Morgan fingerprint density at radius 3 is 2.82 bits per heavy atom. The normalized spacial score (nSPS) is 34.1. The fraction of sp³-hybridized carbons (Fsp3) is 1.00. The first kappa shape index (κ1) is 7.93. The number of nitrogens with one attached hydrogen (secondary N) is 1. The molecule has 0 radical (unpaired) electrons. The van der Waals surface area contributed by atoms with E-state index >= 15 is 0 Å². The maximum atomic E-state index is 3.29. The summed E-state index contributed by atoms with van der Waals surface area (Å²) in [4.78, 5) is 0. The molecule has 1 saturated carbocycles. The van der Waals surface area contributed by atoms with Crippen LogP contribution in [0.4, 0.5) is 0 Å². The van der Waals surface area contributed by atoms with Crippen LogP contribution in [0.15, 0.2) is 0 Å². The highest BCUT2D eigenvalue weighted by atomic mass is 32.2. The molecule has 2 rings (SSSR count). The summed E-state index contributed by atoms with van der Waals surface area (Å²) in [6, 6.07) is 0. The molecule has 1 heterocycles. The molecule has 1 spiro atoms. The Labute approximate surface area is 73.3 Å². The van der Waals surface area contributed by atoms with Gasteiger partial charge in [0.1, 0.15) is 0 Å². The summed E-state index contributed by atoms with van der Waals surface area (Å²) in [5.74, 6) is 3.86. The molecule has 0 aromatic carbocycles. The largest absolute Gasteiger partial charge is 0.319 e. The van der Waals surface area contributed by atoms with E-state index in [2.05, 4.69) is 24.1 Å². The van der Waals surface area contributed by atoms with Gasteiger partial charge in [-0.05, 0) is 55.7 Å². The van der Waals surface area contributed by atoms with Crippen LogP contribution in [0.25, 0.3) is 0 Å². The first-order valence-electron chi connectivity index (χ1n) is 4.60. The van der Waals surface area contributed by atoms with E-state index in [9.17, 15) is 0 Å². The van der Waals surface area contributed by atoms with Gasteiger partial charge in [0.15, 0.2) is 0 Å². The Hall–Kier alpha value is 0.310. The fourth-order valence-electron chi connectivity index (χ4n) is 2.36. The summed E-state index contributed by atoms with van der Waals surface area (Å²) in [6.07, 6.45) is 4.49. The molecule has 1 aliphatic heterocycles. The van der Waals surface area contributed by atoms with Crippen LogP contribution in [0.3, 0.4) is 0 Å². The maximum absolute atomic E-state index is 3.29. The zero-order valence-electron chi connectivity index (χ0n) is 7.23. The van der Waals surface area contributed by atoms with Crippen molar-refractivity contribution >= 4 is 11.8 Å². The molecular formula is C9H17NS. The van der Waals surface area contributed by atoms with Crippen molar-refractivity contribution in [3.63, 3.8) is 0 Å². The predicted octanol–water partition coefficient (Wildman–Crippen LogP) is 1.74. The lowest BCUT2D eigenvalue weighted by molar-refractivity contribution is 0.413. The summed E-state index contributed by atoms with van der Waals surface area (Å²) in [6.45, 7) is 1.25. The lowest BCUT2D eigenvalue weighted by Gasteiger charge is -2.21. The molecule has 1 N–H and O–H groups in total. The zero-order chi connectivity index (χ0) is 7.73. The summed E-state index contributed by atoms with van der Waals surface area (Å²) < 4.78 is 0. The Bertz CT molecular complexity index is 140. The third kappa shape index (κ3) is 1.43. The smallest absolute Gasteiger partial charge is 0.00180 e. The van der Waals surface area contributed by atoms with Gasteiger partial charge in [-0.3, -0.25) is 0 Å². The highest BCUT2D eigenvalue weighted by Crippen LogP contribution is 2.60. The minimum Gasteiger partial charge on any atom is -0.319 e. The van der Waals surface area contributed by atoms with Gasteiger partial charge in [0.2, 0.25) is 0 Å². The van der Waals surface area contributed by atoms with Gasteiger partial charge in [-0.15, -0.1) is 0 Å². The third-order valence-corrected chi connectivity index (χ3v) is 4.28. The summed E-state index contributed by atoms with van der Waals surface area (Å²) >= 11 is 2.14. The topological polar surface area (TPSA) is 12.0 Å². The van der Waals surface area contributed by atoms with Gasteiger partial charge >= 0.3 is 0 Å². The molecule has 2 aliphatic rings. The molecule has 2 heteroatoms. The van der Waals surface area contributed by atoms with Gasteiger partial charge in [0.25, 0.3) is 0 Å². The molecule has 64 valence electrons. The molecule has 1 nitrogen and oxygen atoms in total. The molecule has 1 atom stereocenters. The Kier molecular flexibility index (Phi) is 2.15. The minimum atomic E-state index is 0.814. The van der Waals surface area contributed by atoms with Crippen LogP contribution in [0.2, 0.25) is 0 Å². The SMILES string of the molecule is CNCC1CC12CCSCC2. The Balaban J connectivity index is 1.84. The van der Waals surface area contributed by atoms with E-state index in [1.807, 2.05) is 0 Å². The molecule has 0 aromatic rings. The summed E-state index contributed by atoms with van der Waals surface area (Å²) in [7, 11) is 2.07. The molecule has 1 saturated heterocycles. The Morgan fingerprint density at radius 1 is 1.45 bits per heavy atom. The first-order chi connectivity index (χ1) is 5.37. The lowest BCUT2D eigenvalue weighted by Crippen LogP contribution is -2.18. The van der Waals surface area contributed by atoms with E-state index < -0.39 is 0 Å². The molecular weight excluding hydrogens is 154 g/mol. The van der Waals surface area contributed by atoms with Gasteiger partial charge in [0, 0.05) is 0 Å². The number of rotatable bonds is 2. The van der Waals surface area contributed by atoms with Crippen molar-refractivity contribution in [2.45, 2.75) is 19.3 Å². The highest BCUT2D eigenvalue weighted by Gasteiger charge is 2.52. The summed E-state index contributed by atoms with van der Waals surface area (Å²) in [5.41, 5.74) is 0.814. The molecule has 11 heavy (non-hydrogen) atoms. The van der Waals surface area contributed by atoms with Crippen molar-refractivity contribution in [2.75, 3.05) is 25.1 Å². The fourth-order valence-corrected chi connectivity index (χ4v) is 3.66. The number of hydrogen-bond acceptors (Lipinski definition) is 2. The standard InChI is InChI=1S/C9H17NS/c1-10-7-8-6-9(8)2-4-11-5-3-9/h8,10H,2-7H2,1H3. The second kappa shape index (κ2) is 2.98. The number of hydrogen-bond donors (Lipinski definition) is 1. The highest BCUT2D eigenvalue weighted by molar-refractivity contribution is 7.99. The van der Waals surface area contributed by atoms with E-state index in [4.69, 9.17) is 0 Å². The second-order valence-corrected chi connectivity index (χ2v) is 5.16. The van der Waals surface area contributed by atoms with Crippen LogP contribution in [0.1, 0.15) is 19.3 Å². The quantitative estimate of drug-likeness (QED) is 0.679. The van der Waals surface area contributed by atoms with Crippen LogP contribution in [-0.4, -0.2) is 25.1 Å². The van der Waals surface area contributed by atoms with E-state index in [-0.39, 0.29) is 0 Å². The van der Waals surface area contributed by atoms with Crippen LogP contribution in [0, 0.1) is 11.3 Å². The van der Waals surface area contributed by atoms with E-state index in [0.717, 1.165) is 11.3 Å². The minimum absolute atomic E-state index is 0.814. The number of thioether (sulfide) groups is 1. The van der Waals surface area contributed by atoms with E-state index in [0.29, 0.717) is 0 Å². The van der Waals surface area contributed by atoms with Crippen LogP contribution < -0.4 is 5.32 Å². The van der Waals surface area contributed by atoms with E-state index in [1.165, 1.54) is 37.3 Å². The average molecular weight is 171 g/mol. The molecule has 2 fully saturated rings. The van der Waals surface area contributed by atoms with Gasteiger partial charge < -0.3 is 5.32 Å². The van der Waals surface area contributed by atoms with Crippen molar-refractivity contribution in [1.82, 2.24) is 5.32 Å². The van der Waals surface area contributed by atoms with Gasteiger partial charge in [-0.2, -0.15) is 11.8 Å². The summed E-state index contributed by atoms with van der Waals surface area (Å²) in [5, 5.41) is 3.29. The van der Waals surface area contributed by atoms with Crippen molar-refractivity contribution in [2.24, 2.45) is 11.3 Å². The average Bonchev–Trinajstić information content (AvgIpc) is 2.66. The van der Waals surface area contributed by atoms with Crippen molar-refractivity contribution < 1.29 is 0 Å². The van der Waals surface area contributed by atoms with Crippen molar-refractivity contribution in [3.05, 3.63) is 0 Å². The van der Waals surface area contributed by atoms with Gasteiger partial charge in [-0.1, -0.05) is 0 Å². The van der Waals surface area contributed by atoms with Gasteiger partial charge in [-0.25, -0.2) is 0 Å². The zero-order valence-corrected chi connectivity index (χ0v) is 8.04. The molecule has 0 aromatic heterocycles. The molecule has 1 aliphatic carbocycles. The Morgan fingerprint density at radius 2 is 2.18 bits per heavy atom. The third-order valence-electron chi connectivity index (χ3n) is 3.30. The molecule has 1 unspecified atom stereocenters. The maximum Gasteiger partial charge on any atom is -0.00180 e. The van der Waals surface area contributed by atoms with Crippen LogP contribution in [-0.2, 0) is 0 Å². The second-order valence-electron chi connectivity index (χ2n) is 3.93. The van der Waals surface area contributed by atoms with Crippen molar-refractivity contribution in [3.8, 4) is 0 Å². The van der Waals surface area contributed by atoms with Crippen LogP contribution >= 0.6 is 11.8 Å². The molecule has 0 amide bonds. The van der Waals surface area contributed by atoms with Gasteiger partial charge in [0.05, 0.1) is 0 Å². The van der Waals surface area contributed by atoms with Crippen LogP contribution in [0.5, 0.6) is 0 Å². The molecule has 0 bridgehead atoms. The van der Waals surface area contributed by atoms with E-state index in [1.54, 1.807) is 0 Å². The predicted molar refractivity (Wildman–Crippen MR) is 51.0 cm³/mol. The lowest BCUT2D eigenvalue weighted by atomic mass is 9.96. The monoisotopic (exact) mass is 171 g/mol. The first-order valence-corrected chi connectivity index (χ1v) is 5.75.